The van der Waals surface area contributed by atoms with E-state index in [-0.39, 0.29) is 0 Å². The van der Waals surface area contributed by atoms with Gasteiger partial charge in [-0.25, -0.2) is 9.97 Å². The van der Waals surface area contributed by atoms with Gasteiger partial charge in [-0.05, 0) is 6.07 Å². The molecule has 0 atom stereocenters. The van der Waals surface area contributed by atoms with Gasteiger partial charge in [-0.3, -0.25) is 0 Å². The van der Waals surface area contributed by atoms with Gasteiger partial charge in [-0.15, -0.1) is 0 Å². The van der Waals surface area contributed by atoms with Gasteiger partial charge in [-0.1, -0.05) is 18.2 Å². The van der Waals surface area contributed by atoms with E-state index in [9.17, 15) is 0 Å². The third-order valence-electron chi connectivity index (χ3n) is 3.82. The Labute approximate surface area is 136 Å². The molecule has 6 heteroatoms. The number of aromatic nitrogens is 2. The molecule has 2 heterocycles. The summed E-state index contributed by atoms with van der Waals surface area (Å²) in [5, 5.41) is 3.40. The summed E-state index contributed by atoms with van der Waals surface area (Å²) in [6.07, 6.45) is 3.76. The van der Waals surface area contributed by atoms with Crippen LogP contribution in [0.2, 0.25) is 0 Å². The number of para-hydroxylation sites is 1. The zero-order chi connectivity index (χ0) is 15.9. The molecule has 0 bridgehead atoms. The topological polar surface area (TPSA) is 59.5 Å². The Bertz CT molecular complexity index is 612. The first-order valence-electron chi connectivity index (χ1n) is 7.83. The number of nitrogens with zero attached hydrogens (tertiary/aromatic N) is 3. The van der Waals surface area contributed by atoms with Crippen molar-refractivity contribution >= 4 is 5.95 Å². The minimum Gasteiger partial charge on any atom is -0.496 e. The number of hydrogen-bond acceptors (Lipinski definition) is 6. The van der Waals surface area contributed by atoms with Gasteiger partial charge in [0.1, 0.15) is 5.75 Å². The average Bonchev–Trinajstić information content (AvgIpc) is 2.63. The second-order valence-corrected chi connectivity index (χ2v) is 5.41. The van der Waals surface area contributed by atoms with Gasteiger partial charge < -0.3 is 19.7 Å². The van der Waals surface area contributed by atoms with Gasteiger partial charge in [0, 0.05) is 49.7 Å². The summed E-state index contributed by atoms with van der Waals surface area (Å²) in [6.45, 7) is 4.66. The number of benzene rings is 1. The number of rotatable bonds is 6. The van der Waals surface area contributed by atoms with Crippen molar-refractivity contribution in [3.63, 3.8) is 0 Å². The van der Waals surface area contributed by atoms with E-state index in [1.807, 2.05) is 30.6 Å². The highest BCUT2D eigenvalue weighted by Crippen LogP contribution is 2.17. The first-order valence-corrected chi connectivity index (χ1v) is 7.83. The Balaban J connectivity index is 1.52. The van der Waals surface area contributed by atoms with Crippen LogP contribution in [-0.2, 0) is 17.8 Å². The lowest BCUT2D eigenvalue weighted by molar-refractivity contribution is 0.122. The quantitative estimate of drug-likeness (QED) is 0.874. The lowest BCUT2D eigenvalue weighted by Gasteiger charge is -2.26. The van der Waals surface area contributed by atoms with Gasteiger partial charge >= 0.3 is 0 Å². The summed E-state index contributed by atoms with van der Waals surface area (Å²) in [5.74, 6) is 1.68. The predicted molar refractivity (Wildman–Crippen MR) is 88.6 cm³/mol. The Kier molecular flexibility index (Phi) is 5.39. The van der Waals surface area contributed by atoms with Crippen LogP contribution in [0.4, 0.5) is 5.95 Å². The smallest absolute Gasteiger partial charge is 0.225 e. The SMILES string of the molecule is COc1ccccc1CNCc1cnc(N2CCOCC2)nc1. The Hall–Kier alpha value is -2.18. The van der Waals surface area contributed by atoms with Gasteiger partial charge in [0.15, 0.2) is 0 Å². The second kappa shape index (κ2) is 7.89. The van der Waals surface area contributed by atoms with Crippen LogP contribution in [0.5, 0.6) is 5.75 Å². The van der Waals surface area contributed by atoms with Crippen LogP contribution in [-0.4, -0.2) is 43.4 Å². The van der Waals surface area contributed by atoms with Crippen molar-refractivity contribution in [1.82, 2.24) is 15.3 Å². The first kappa shape index (κ1) is 15.7. The van der Waals surface area contributed by atoms with Crippen molar-refractivity contribution in [2.24, 2.45) is 0 Å². The van der Waals surface area contributed by atoms with Crippen molar-refractivity contribution in [3.8, 4) is 5.75 Å². The summed E-state index contributed by atoms with van der Waals surface area (Å²) in [4.78, 5) is 11.1. The molecule has 1 aliphatic rings. The molecule has 6 nitrogen and oxygen atoms in total. The van der Waals surface area contributed by atoms with Crippen molar-refractivity contribution in [2.45, 2.75) is 13.1 Å². The minimum absolute atomic E-state index is 0.724. The van der Waals surface area contributed by atoms with Crippen LogP contribution in [0, 0.1) is 0 Å². The molecule has 1 N–H and O–H groups in total. The Morgan fingerprint density at radius 2 is 1.87 bits per heavy atom. The summed E-state index contributed by atoms with van der Waals surface area (Å²) in [7, 11) is 1.69. The lowest BCUT2D eigenvalue weighted by atomic mass is 10.2. The maximum atomic E-state index is 5.35. The van der Waals surface area contributed by atoms with Crippen LogP contribution in [0.25, 0.3) is 0 Å². The molecule has 0 aliphatic carbocycles. The third kappa shape index (κ3) is 4.18. The highest BCUT2D eigenvalue weighted by molar-refractivity contribution is 5.33. The molecule has 122 valence electrons. The van der Waals surface area contributed by atoms with Gasteiger partial charge in [0.05, 0.1) is 20.3 Å². The molecule has 1 aromatic carbocycles. The molecule has 23 heavy (non-hydrogen) atoms. The monoisotopic (exact) mass is 314 g/mol. The highest BCUT2D eigenvalue weighted by atomic mass is 16.5. The van der Waals surface area contributed by atoms with Crippen LogP contribution < -0.4 is 15.0 Å². The van der Waals surface area contributed by atoms with E-state index in [0.29, 0.717) is 0 Å². The fourth-order valence-electron chi connectivity index (χ4n) is 2.56. The van der Waals surface area contributed by atoms with Crippen molar-refractivity contribution in [3.05, 3.63) is 47.8 Å². The molecular formula is C17H22N4O2. The van der Waals surface area contributed by atoms with Gasteiger partial charge in [-0.2, -0.15) is 0 Å². The van der Waals surface area contributed by atoms with Crippen LogP contribution in [0.15, 0.2) is 36.7 Å². The minimum atomic E-state index is 0.724. The number of morpholine rings is 1. The maximum absolute atomic E-state index is 5.35. The first-order chi connectivity index (χ1) is 11.4. The number of anilines is 1. The summed E-state index contributed by atoms with van der Waals surface area (Å²) < 4.78 is 10.7. The van der Waals surface area contributed by atoms with Crippen molar-refractivity contribution < 1.29 is 9.47 Å². The molecular weight excluding hydrogens is 292 g/mol. The van der Waals surface area contributed by atoms with Crippen LogP contribution in [0.1, 0.15) is 11.1 Å². The highest BCUT2D eigenvalue weighted by Gasteiger charge is 2.13. The van der Waals surface area contributed by atoms with E-state index >= 15 is 0 Å². The standard InChI is InChI=1S/C17H22N4O2/c1-22-16-5-3-2-4-15(16)13-18-10-14-11-19-17(20-12-14)21-6-8-23-9-7-21/h2-5,11-12,18H,6-10,13H2,1H3. The largest absolute Gasteiger partial charge is 0.496 e. The fourth-order valence-corrected chi connectivity index (χ4v) is 2.56. The van der Waals surface area contributed by atoms with Gasteiger partial charge in [0.25, 0.3) is 0 Å². The average molecular weight is 314 g/mol. The summed E-state index contributed by atoms with van der Waals surface area (Å²) in [5.41, 5.74) is 2.21. The Morgan fingerprint density at radius 1 is 1.13 bits per heavy atom. The number of methoxy groups -OCH3 is 1. The van der Waals surface area contributed by atoms with E-state index in [1.54, 1.807) is 7.11 Å². The fraction of sp³-hybridized carbons (Fsp3) is 0.412. The molecule has 2 aromatic rings. The molecule has 3 rings (SSSR count). The molecule has 1 saturated heterocycles. The van der Waals surface area contributed by atoms with Crippen LogP contribution in [0.3, 0.4) is 0 Å². The molecule has 0 saturated carbocycles. The molecule has 0 spiro atoms. The predicted octanol–water partition coefficient (Wildman–Crippen LogP) is 1.61. The lowest BCUT2D eigenvalue weighted by Crippen LogP contribution is -2.37. The molecule has 1 aliphatic heterocycles. The summed E-state index contributed by atoms with van der Waals surface area (Å²) >= 11 is 0. The number of nitrogens with one attached hydrogen (secondary N) is 1. The van der Waals surface area contributed by atoms with E-state index in [1.165, 1.54) is 0 Å². The Morgan fingerprint density at radius 3 is 2.61 bits per heavy atom. The van der Waals surface area contributed by atoms with Crippen molar-refractivity contribution in [1.29, 1.82) is 0 Å². The van der Waals surface area contributed by atoms with E-state index in [2.05, 4.69) is 26.3 Å². The van der Waals surface area contributed by atoms with E-state index in [4.69, 9.17) is 9.47 Å². The summed E-state index contributed by atoms with van der Waals surface area (Å²) in [6, 6.07) is 8.02. The van der Waals surface area contributed by atoms with E-state index in [0.717, 1.165) is 62.2 Å². The molecule has 0 unspecified atom stereocenters. The number of hydrogen-bond donors (Lipinski definition) is 1. The molecule has 1 fully saturated rings. The molecule has 1 aromatic heterocycles. The second-order valence-electron chi connectivity index (χ2n) is 5.41. The zero-order valence-corrected chi connectivity index (χ0v) is 13.4. The number of ether oxygens (including phenoxy) is 2. The third-order valence-corrected chi connectivity index (χ3v) is 3.82. The normalized spacial score (nSPS) is 14.7. The molecule has 0 amide bonds. The molecule has 0 radical (unpaired) electrons. The van der Waals surface area contributed by atoms with Gasteiger partial charge in [0.2, 0.25) is 5.95 Å². The van der Waals surface area contributed by atoms with Crippen LogP contribution >= 0.6 is 0 Å². The maximum Gasteiger partial charge on any atom is 0.225 e. The van der Waals surface area contributed by atoms with Crippen molar-refractivity contribution in [2.75, 3.05) is 38.3 Å². The zero-order valence-electron chi connectivity index (χ0n) is 13.4. The van der Waals surface area contributed by atoms with E-state index < -0.39 is 0 Å².